The van der Waals surface area contributed by atoms with Crippen LogP contribution in [0, 0.1) is 5.82 Å². The molecule has 4 rings (SSSR count). The Morgan fingerprint density at radius 1 is 1.12 bits per heavy atom. The number of nitrogens with zero attached hydrogens (tertiary/aromatic N) is 5. The number of alkyl halides is 3. The van der Waals surface area contributed by atoms with Crippen LogP contribution in [0.2, 0.25) is 0 Å². The quantitative estimate of drug-likeness (QED) is 0.588. The molecule has 0 bridgehead atoms. The molecule has 1 saturated heterocycles. The topological polar surface area (TPSA) is 83.9 Å². The molecule has 1 fully saturated rings. The number of aromatic nitrogens is 4. The fraction of sp³-hybridized carbons (Fsp3) is 0.318. The Labute approximate surface area is 186 Å². The van der Waals surface area contributed by atoms with Gasteiger partial charge in [-0.25, -0.2) is 24.3 Å². The second kappa shape index (κ2) is 9.08. The van der Waals surface area contributed by atoms with Crippen molar-refractivity contribution in [1.29, 1.82) is 0 Å². The monoisotopic (exact) mass is 460 g/mol. The number of anilines is 1. The zero-order valence-corrected chi connectivity index (χ0v) is 17.6. The molecule has 1 aliphatic heterocycles. The van der Waals surface area contributed by atoms with E-state index in [1.165, 1.54) is 30.6 Å². The van der Waals surface area contributed by atoms with Crippen molar-refractivity contribution in [3.8, 4) is 11.4 Å². The van der Waals surface area contributed by atoms with Gasteiger partial charge in [0.15, 0.2) is 5.82 Å². The van der Waals surface area contributed by atoms with E-state index in [0.29, 0.717) is 19.4 Å². The Morgan fingerprint density at radius 3 is 2.48 bits per heavy atom. The zero-order chi connectivity index (χ0) is 23.6. The van der Waals surface area contributed by atoms with Crippen LogP contribution in [0.3, 0.4) is 0 Å². The summed E-state index contributed by atoms with van der Waals surface area (Å²) in [5.41, 5.74) is -0.386. The number of hydrogen-bond acceptors (Lipinski definition) is 6. The van der Waals surface area contributed by atoms with Gasteiger partial charge in [0.1, 0.15) is 5.82 Å². The highest BCUT2D eigenvalue weighted by Crippen LogP contribution is 2.29. The normalized spacial score (nSPS) is 18.8. The molecule has 1 aliphatic rings. The molecular formula is C22H20F4N6O. The van der Waals surface area contributed by atoms with Crippen molar-refractivity contribution in [3.63, 3.8) is 0 Å². The van der Waals surface area contributed by atoms with Crippen LogP contribution in [-0.4, -0.2) is 49.4 Å². The molecule has 33 heavy (non-hydrogen) atoms. The Bertz CT molecular complexity index is 1120. The summed E-state index contributed by atoms with van der Waals surface area (Å²) in [6.45, 7) is 2.31. The van der Waals surface area contributed by atoms with Gasteiger partial charge in [-0.3, -0.25) is 4.79 Å². The summed E-state index contributed by atoms with van der Waals surface area (Å²) in [5.74, 6) is -0.545. The lowest BCUT2D eigenvalue weighted by molar-refractivity contribution is -0.138. The van der Waals surface area contributed by atoms with Gasteiger partial charge in [0.25, 0.3) is 5.91 Å². The molecule has 11 heteroatoms. The summed E-state index contributed by atoms with van der Waals surface area (Å²) in [7, 11) is 0. The molecule has 1 aromatic carbocycles. The lowest BCUT2D eigenvalue weighted by Gasteiger charge is -2.40. The highest BCUT2D eigenvalue weighted by Gasteiger charge is 2.34. The van der Waals surface area contributed by atoms with Crippen molar-refractivity contribution in [2.45, 2.75) is 38.0 Å². The predicted octanol–water partition coefficient (Wildman–Crippen LogP) is 4.20. The average molecular weight is 460 g/mol. The Hall–Kier alpha value is -3.63. The van der Waals surface area contributed by atoms with E-state index in [0.717, 1.165) is 12.4 Å². The molecule has 2 aromatic heterocycles. The zero-order valence-electron chi connectivity index (χ0n) is 17.6. The minimum atomic E-state index is -4.52. The fourth-order valence-corrected chi connectivity index (χ4v) is 3.82. The summed E-state index contributed by atoms with van der Waals surface area (Å²) in [6.07, 6.45) is 1.27. The van der Waals surface area contributed by atoms with E-state index in [-0.39, 0.29) is 40.9 Å². The maximum atomic E-state index is 13.9. The van der Waals surface area contributed by atoms with Gasteiger partial charge in [-0.1, -0.05) is 0 Å². The average Bonchev–Trinajstić information content (AvgIpc) is 2.80. The van der Waals surface area contributed by atoms with Gasteiger partial charge < -0.3 is 10.2 Å². The number of amides is 1. The van der Waals surface area contributed by atoms with Crippen LogP contribution in [0.5, 0.6) is 0 Å². The first-order chi connectivity index (χ1) is 15.7. The number of carbonyl (C=O) groups is 1. The standard InChI is InChI=1S/C22H20F4N6O/c1-13-18(31-21-29-11-14(12-30-21)22(24,25)26)4-2-9-32(13)20(33)16-6-5-15(23)10-17(16)19-27-7-3-8-28-19/h3,5-8,10-13,18H,2,4,9H2,1H3,(H,29,30,31). The molecule has 2 atom stereocenters. The maximum Gasteiger partial charge on any atom is 0.419 e. The maximum absolute atomic E-state index is 13.9. The van der Waals surface area contributed by atoms with Gasteiger partial charge in [0, 0.05) is 49.0 Å². The van der Waals surface area contributed by atoms with Crippen LogP contribution in [0.15, 0.2) is 49.1 Å². The molecule has 1 amide bonds. The highest BCUT2D eigenvalue weighted by molar-refractivity contribution is 6.00. The summed E-state index contributed by atoms with van der Waals surface area (Å²) in [6, 6.07) is 4.86. The Balaban J connectivity index is 1.55. The summed E-state index contributed by atoms with van der Waals surface area (Å²) in [4.78, 5) is 30.9. The second-order valence-electron chi connectivity index (χ2n) is 7.69. The minimum Gasteiger partial charge on any atom is -0.349 e. The minimum absolute atomic E-state index is 0.0503. The second-order valence-corrected chi connectivity index (χ2v) is 7.69. The number of halogens is 4. The van der Waals surface area contributed by atoms with Crippen molar-refractivity contribution in [2.24, 2.45) is 0 Å². The fourth-order valence-electron chi connectivity index (χ4n) is 3.82. The van der Waals surface area contributed by atoms with E-state index in [1.54, 1.807) is 11.0 Å². The lowest BCUT2D eigenvalue weighted by Crippen LogP contribution is -2.52. The first kappa shape index (κ1) is 22.6. The Morgan fingerprint density at radius 2 is 1.82 bits per heavy atom. The third-order valence-electron chi connectivity index (χ3n) is 5.56. The summed E-state index contributed by atoms with van der Waals surface area (Å²) < 4.78 is 52.2. The van der Waals surface area contributed by atoms with Crippen LogP contribution in [-0.2, 0) is 6.18 Å². The first-order valence-corrected chi connectivity index (χ1v) is 10.3. The number of rotatable bonds is 4. The first-order valence-electron chi connectivity index (χ1n) is 10.3. The van der Waals surface area contributed by atoms with Crippen LogP contribution in [0.25, 0.3) is 11.4 Å². The number of piperidine rings is 1. The van der Waals surface area contributed by atoms with E-state index in [4.69, 9.17) is 0 Å². The summed E-state index contributed by atoms with van der Waals surface area (Å²) >= 11 is 0. The van der Waals surface area contributed by atoms with E-state index >= 15 is 0 Å². The molecule has 2 unspecified atom stereocenters. The van der Waals surface area contributed by atoms with Crippen molar-refractivity contribution in [3.05, 3.63) is 66.0 Å². The molecule has 3 aromatic rings. The molecule has 7 nitrogen and oxygen atoms in total. The molecule has 0 saturated carbocycles. The van der Waals surface area contributed by atoms with Crippen molar-refractivity contribution >= 4 is 11.9 Å². The van der Waals surface area contributed by atoms with Crippen LogP contribution >= 0.6 is 0 Å². The molecule has 1 N–H and O–H groups in total. The van der Waals surface area contributed by atoms with Crippen LogP contribution in [0.1, 0.15) is 35.7 Å². The molecule has 0 radical (unpaired) electrons. The van der Waals surface area contributed by atoms with E-state index in [1.807, 2.05) is 6.92 Å². The van der Waals surface area contributed by atoms with Gasteiger partial charge in [0.05, 0.1) is 11.1 Å². The van der Waals surface area contributed by atoms with Gasteiger partial charge in [-0.15, -0.1) is 0 Å². The third-order valence-corrected chi connectivity index (χ3v) is 5.56. The van der Waals surface area contributed by atoms with Crippen LogP contribution in [0.4, 0.5) is 23.5 Å². The molecule has 3 heterocycles. The smallest absolute Gasteiger partial charge is 0.349 e. The van der Waals surface area contributed by atoms with E-state index in [9.17, 15) is 22.4 Å². The van der Waals surface area contributed by atoms with Crippen molar-refractivity contribution < 1.29 is 22.4 Å². The van der Waals surface area contributed by atoms with Crippen LogP contribution < -0.4 is 5.32 Å². The SMILES string of the molecule is CC1C(Nc2ncc(C(F)(F)F)cn2)CCCN1C(=O)c1ccc(F)cc1-c1ncccn1. The van der Waals surface area contributed by atoms with Gasteiger partial charge in [-0.05, 0) is 44.0 Å². The largest absolute Gasteiger partial charge is 0.419 e. The number of carbonyl (C=O) groups excluding carboxylic acids is 1. The number of likely N-dealkylation sites (tertiary alicyclic amines) is 1. The van der Waals surface area contributed by atoms with Crippen molar-refractivity contribution in [1.82, 2.24) is 24.8 Å². The molecule has 172 valence electrons. The lowest BCUT2D eigenvalue weighted by atomic mass is 9.95. The van der Waals surface area contributed by atoms with Crippen molar-refractivity contribution in [2.75, 3.05) is 11.9 Å². The predicted molar refractivity (Wildman–Crippen MR) is 112 cm³/mol. The third kappa shape index (κ3) is 4.91. The Kier molecular flexibility index (Phi) is 6.21. The number of hydrogen-bond donors (Lipinski definition) is 1. The molecular weight excluding hydrogens is 440 g/mol. The van der Waals surface area contributed by atoms with Gasteiger partial charge >= 0.3 is 6.18 Å². The summed E-state index contributed by atoms with van der Waals surface area (Å²) in [5, 5.41) is 3.03. The van der Waals surface area contributed by atoms with Gasteiger partial charge in [0.2, 0.25) is 5.95 Å². The molecule has 0 spiro atoms. The highest BCUT2D eigenvalue weighted by atomic mass is 19.4. The van der Waals surface area contributed by atoms with E-state index < -0.39 is 17.6 Å². The number of nitrogens with one attached hydrogen (secondary N) is 1. The number of benzene rings is 1. The molecule has 0 aliphatic carbocycles. The van der Waals surface area contributed by atoms with E-state index in [2.05, 4.69) is 25.3 Å². The van der Waals surface area contributed by atoms with Gasteiger partial charge in [-0.2, -0.15) is 13.2 Å².